The molecule has 1 aliphatic rings. The van der Waals surface area contributed by atoms with Crippen LogP contribution in [0.2, 0.25) is 0 Å². The smallest absolute Gasteiger partial charge is 0.251 e. The highest BCUT2D eigenvalue weighted by molar-refractivity contribution is 5.94. The van der Waals surface area contributed by atoms with Crippen LogP contribution in [0.3, 0.4) is 0 Å². The summed E-state index contributed by atoms with van der Waals surface area (Å²) in [5, 5.41) is 2.80. The fourth-order valence-electron chi connectivity index (χ4n) is 2.36. The van der Waals surface area contributed by atoms with E-state index in [2.05, 4.69) is 28.2 Å². The summed E-state index contributed by atoms with van der Waals surface area (Å²) in [5.74, 6) is -0.0457. The van der Waals surface area contributed by atoms with Crippen molar-refractivity contribution in [3.8, 4) is 0 Å². The van der Waals surface area contributed by atoms with Gasteiger partial charge in [0.1, 0.15) is 0 Å². The number of carbonyl (C=O) groups is 1. The number of hydrogen-bond acceptors (Lipinski definition) is 4. The molecule has 0 unspecified atom stereocenters. The van der Waals surface area contributed by atoms with Gasteiger partial charge in [0.2, 0.25) is 0 Å². The minimum atomic E-state index is -0.0457. The molecule has 1 heterocycles. The molecule has 7 heteroatoms. The highest BCUT2D eigenvalue weighted by atomic mass is 35.5. The van der Waals surface area contributed by atoms with Crippen molar-refractivity contribution >= 4 is 30.7 Å². The number of likely N-dealkylation sites (N-methyl/N-ethyl adjacent to an activating group) is 1. The standard InChI is InChI=1S/C15H24N4O.2ClH/c1-18-7-9-19(10-8-18)12-13-3-2-4-14(11-13)15(20)17-6-5-16;;/h2-4,11H,5-10,12,16H2,1H3,(H,17,20);2*1H. The van der Waals surface area contributed by atoms with E-state index in [4.69, 9.17) is 5.73 Å². The lowest BCUT2D eigenvalue weighted by Gasteiger charge is -2.32. The Balaban J connectivity index is 0.00000220. The van der Waals surface area contributed by atoms with Crippen LogP contribution in [-0.2, 0) is 6.54 Å². The average molecular weight is 349 g/mol. The van der Waals surface area contributed by atoms with Crippen LogP contribution in [0.1, 0.15) is 15.9 Å². The predicted molar refractivity (Wildman–Crippen MR) is 95.1 cm³/mol. The van der Waals surface area contributed by atoms with E-state index in [0.717, 1.165) is 32.7 Å². The minimum absolute atomic E-state index is 0. The summed E-state index contributed by atoms with van der Waals surface area (Å²) in [4.78, 5) is 16.7. The van der Waals surface area contributed by atoms with E-state index >= 15 is 0 Å². The number of piperazine rings is 1. The van der Waals surface area contributed by atoms with Crippen LogP contribution >= 0.6 is 24.8 Å². The van der Waals surface area contributed by atoms with Gasteiger partial charge in [-0.3, -0.25) is 9.69 Å². The Morgan fingerprint density at radius 2 is 1.91 bits per heavy atom. The number of nitrogens with zero attached hydrogens (tertiary/aromatic N) is 2. The Morgan fingerprint density at radius 3 is 2.55 bits per heavy atom. The van der Waals surface area contributed by atoms with Gasteiger partial charge in [-0.2, -0.15) is 0 Å². The van der Waals surface area contributed by atoms with Crippen LogP contribution in [0.25, 0.3) is 0 Å². The maximum absolute atomic E-state index is 11.9. The zero-order valence-corrected chi connectivity index (χ0v) is 14.6. The summed E-state index contributed by atoms with van der Waals surface area (Å²) in [6.45, 7) is 6.27. The molecule has 0 aliphatic carbocycles. The molecule has 1 amide bonds. The fourth-order valence-corrected chi connectivity index (χ4v) is 2.36. The van der Waals surface area contributed by atoms with Crippen LogP contribution in [0, 0.1) is 0 Å². The number of carbonyl (C=O) groups excluding carboxylic acids is 1. The Labute approximate surface area is 145 Å². The van der Waals surface area contributed by atoms with Gasteiger partial charge in [-0.15, -0.1) is 24.8 Å². The zero-order chi connectivity index (χ0) is 14.4. The molecule has 0 bridgehead atoms. The minimum Gasteiger partial charge on any atom is -0.351 e. The van der Waals surface area contributed by atoms with Crippen LogP contribution in [0.15, 0.2) is 24.3 Å². The molecule has 0 saturated carbocycles. The molecule has 0 radical (unpaired) electrons. The number of nitrogens with two attached hydrogens (primary N) is 1. The second-order valence-corrected chi connectivity index (χ2v) is 5.32. The number of benzene rings is 1. The predicted octanol–water partition coefficient (Wildman–Crippen LogP) is 0.966. The molecule has 1 aromatic rings. The number of hydrogen-bond donors (Lipinski definition) is 2. The lowest BCUT2D eigenvalue weighted by molar-refractivity contribution is 0.0954. The molecule has 5 nitrogen and oxygen atoms in total. The second-order valence-electron chi connectivity index (χ2n) is 5.32. The van der Waals surface area contributed by atoms with Gasteiger partial charge < -0.3 is 16.0 Å². The Hall–Kier alpha value is -0.850. The summed E-state index contributed by atoms with van der Waals surface area (Å²) in [5.41, 5.74) is 7.30. The summed E-state index contributed by atoms with van der Waals surface area (Å²) in [6.07, 6.45) is 0. The third-order valence-corrected chi connectivity index (χ3v) is 3.62. The first-order chi connectivity index (χ1) is 9.69. The van der Waals surface area contributed by atoms with E-state index in [9.17, 15) is 4.79 Å². The first kappa shape index (κ1) is 21.1. The van der Waals surface area contributed by atoms with Gasteiger partial charge in [0.05, 0.1) is 0 Å². The maximum atomic E-state index is 11.9. The first-order valence-electron chi connectivity index (χ1n) is 7.17. The summed E-state index contributed by atoms with van der Waals surface area (Å²) < 4.78 is 0. The number of nitrogens with one attached hydrogen (secondary N) is 1. The molecule has 0 aromatic heterocycles. The quantitative estimate of drug-likeness (QED) is 0.832. The third-order valence-electron chi connectivity index (χ3n) is 3.62. The number of amides is 1. The van der Waals surface area contributed by atoms with E-state index in [1.165, 1.54) is 5.56 Å². The van der Waals surface area contributed by atoms with Gasteiger partial charge in [0.15, 0.2) is 0 Å². The SMILES string of the molecule is CN1CCN(Cc2cccc(C(=O)NCCN)c2)CC1.Cl.Cl. The highest BCUT2D eigenvalue weighted by Gasteiger charge is 2.14. The monoisotopic (exact) mass is 348 g/mol. The molecular weight excluding hydrogens is 323 g/mol. The molecule has 2 rings (SSSR count). The van der Waals surface area contributed by atoms with Crippen LogP contribution < -0.4 is 11.1 Å². The Morgan fingerprint density at radius 1 is 1.23 bits per heavy atom. The molecule has 0 spiro atoms. The van der Waals surface area contributed by atoms with Gasteiger partial charge in [0, 0.05) is 51.4 Å². The van der Waals surface area contributed by atoms with Gasteiger partial charge in [0.25, 0.3) is 5.91 Å². The molecule has 22 heavy (non-hydrogen) atoms. The summed E-state index contributed by atoms with van der Waals surface area (Å²) in [6, 6.07) is 7.85. The van der Waals surface area contributed by atoms with E-state index in [1.807, 2.05) is 18.2 Å². The number of halogens is 2. The molecule has 1 aromatic carbocycles. The van der Waals surface area contributed by atoms with Crippen molar-refractivity contribution in [2.45, 2.75) is 6.54 Å². The van der Waals surface area contributed by atoms with Gasteiger partial charge in [-0.25, -0.2) is 0 Å². The highest BCUT2D eigenvalue weighted by Crippen LogP contribution is 2.10. The van der Waals surface area contributed by atoms with Gasteiger partial charge in [-0.05, 0) is 24.7 Å². The molecule has 3 N–H and O–H groups in total. The molecule has 1 saturated heterocycles. The van der Waals surface area contributed by atoms with E-state index in [0.29, 0.717) is 18.7 Å². The van der Waals surface area contributed by atoms with E-state index in [1.54, 1.807) is 0 Å². The molecular formula is C15H26Cl2N4O. The lowest BCUT2D eigenvalue weighted by Crippen LogP contribution is -2.43. The summed E-state index contributed by atoms with van der Waals surface area (Å²) in [7, 11) is 2.15. The van der Waals surface area contributed by atoms with Crippen molar-refractivity contribution in [2.75, 3.05) is 46.3 Å². The van der Waals surface area contributed by atoms with Gasteiger partial charge in [-0.1, -0.05) is 12.1 Å². The van der Waals surface area contributed by atoms with Crippen molar-refractivity contribution < 1.29 is 4.79 Å². The second kappa shape index (κ2) is 10.8. The Kier molecular flexibility index (Phi) is 10.4. The van der Waals surface area contributed by atoms with Crippen molar-refractivity contribution in [1.29, 1.82) is 0 Å². The van der Waals surface area contributed by atoms with Crippen molar-refractivity contribution in [1.82, 2.24) is 15.1 Å². The molecule has 0 atom stereocenters. The number of rotatable bonds is 5. The zero-order valence-electron chi connectivity index (χ0n) is 13.0. The van der Waals surface area contributed by atoms with E-state index in [-0.39, 0.29) is 30.7 Å². The van der Waals surface area contributed by atoms with Crippen LogP contribution in [-0.4, -0.2) is 62.0 Å². The maximum Gasteiger partial charge on any atom is 0.251 e. The molecule has 1 aliphatic heterocycles. The third kappa shape index (κ3) is 6.50. The first-order valence-corrected chi connectivity index (χ1v) is 7.17. The van der Waals surface area contributed by atoms with Crippen molar-refractivity contribution in [3.05, 3.63) is 35.4 Å². The fraction of sp³-hybridized carbons (Fsp3) is 0.533. The largest absolute Gasteiger partial charge is 0.351 e. The lowest BCUT2D eigenvalue weighted by atomic mass is 10.1. The van der Waals surface area contributed by atoms with E-state index < -0.39 is 0 Å². The molecule has 126 valence electrons. The van der Waals surface area contributed by atoms with Gasteiger partial charge >= 0.3 is 0 Å². The van der Waals surface area contributed by atoms with Crippen molar-refractivity contribution in [3.63, 3.8) is 0 Å². The normalized spacial score (nSPS) is 15.5. The van der Waals surface area contributed by atoms with Crippen LogP contribution in [0.4, 0.5) is 0 Å². The Bertz CT molecular complexity index is 451. The summed E-state index contributed by atoms with van der Waals surface area (Å²) >= 11 is 0. The molecule has 1 fully saturated rings. The van der Waals surface area contributed by atoms with Crippen molar-refractivity contribution in [2.24, 2.45) is 5.73 Å². The average Bonchev–Trinajstić information content (AvgIpc) is 2.47. The topological polar surface area (TPSA) is 61.6 Å². The van der Waals surface area contributed by atoms with Crippen LogP contribution in [0.5, 0.6) is 0 Å².